The molecule has 0 spiro atoms. The number of hydrogen-bond acceptors (Lipinski definition) is 1. The van der Waals surface area contributed by atoms with E-state index in [4.69, 9.17) is 0 Å². The first kappa shape index (κ1) is 9.23. The summed E-state index contributed by atoms with van der Waals surface area (Å²) >= 11 is 0. The van der Waals surface area contributed by atoms with E-state index in [0.29, 0.717) is 11.5 Å². The Balaban J connectivity index is 2.21. The van der Waals surface area contributed by atoms with Gasteiger partial charge in [0.1, 0.15) is 5.82 Å². The van der Waals surface area contributed by atoms with Crippen LogP contribution in [-0.2, 0) is 0 Å². The highest BCUT2D eigenvalue weighted by Crippen LogP contribution is 2.11. The van der Waals surface area contributed by atoms with Crippen LogP contribution in [0.2, 0.25) is 0 Å². The molecule has 2 heteroatoms. The van der Waals surface area contributed by atoms with Gasteiger partial charge in [-0.3, -0.25) is 0 Å². The largest absolute Gasteiger partial charge is 0.314 e. The number of nitrogens with one attached hydrogen (secondary N) is 1. The summed E-state index contributed by atoms with van der Waals surface area (Å²) in [7, 11) is 0. The third-order valence-electron chi connectivity index (χ3n) is 2.46. The van der Waals surface area contributed by atoms with Crippen LogP contribution in [0.1, 0.15) is 11.1 Å². The molecular weight excluding hydrogens is 177 g/mol. The minimum absolute atomic E-state index is 0.177. The lowest BCUT2D eigenvalue weighted by molar-refractivity contribution is 0.432. The van der Waals surface area contributed by atoms with Gasteiger partial charge in [-0.1, -0.05) is 17.9 Å². The Bertz CT molecular complexity index is 397. The highest BCUT2D eigenvalue weighted by Gasteiger charge is 2.12. The maximum Gasteiger partial charge on any atom is 0.127 e. The predicted octanol–water partition coefficient (Wildman–Crippen LogP) is 1.71. The SMILES string of the molecule is Cc1c(F)cccc1C#CC1CNC1. The molecule has 0 bridgehead atoms. The van der Waals surface area contributed by atoms with Crippen LogP contribution in [0.15, 0.2) is 18.2 Å². The Morgan fingerprint density at radius 1 is 1.43 bits per heavy atom. The first-order chi connectivity index (χ1) is 6.77. The minimum Gasteiger partial charge on any atom is -0.314 e. The minimum atomic E-state index is -0.177. The molecule has 1 fully saturated rings. The van der Waals surface area contributed by atoms with Crippen LogP contribution in [0.3, 0.4) is 0 Å². The standard InChI is InChI=1S/C12H12FN/c1-9-11(3-2-4-12(9)13)6-5-10-7-14-8-10/h2-4,10,14H,7-8H2,1H3. The van der Waals surface area contributed by atoms with Crippen molar-refractivity contribution in [3.8, 4) is 11.8 Å². The average molecular weight is 189 g/mol. The summed E-state index contributed by atoms with van der Waals surface area (Å²) in [5, 5.41) is 3.15. The summed E-state index contributed by atoms with van der Waals surface area (Å²) in [6, 6.07) is 5.02. The fraction of sp³-hybridized carbons (Fsp3) is 0.333. The van der Waals surface area contributed by atoms with Crippen molar-refractivity contribution >= 4 is 0 Å². The summed E-state index contributed by atoms with van der Waals surface area (Å²) in [6.07, 6.45) is 0. The maximum atomic E-state index is 13.1. The van der Waals surface area contributed by atoms with Crippen LogP contribution < -0.4 is 5.32 Å². The molecule has 1 nitrogen and oxygen atoms in total. The van der Waals surface area contributed by atoms with Gasteiger partial charge in [-0.05, 0) is 19.1 Å². The number of hydrogen-bond donors (Lipinski definition) is 1. The molecule has 0 aromatic heterocycles. The van der Waals surface area contributed by atoms with Crippen molar-refractivity contribution < 1.29 is 4.39 Å². The van der Waals surface area contributed by atoms with Gasteiger partial charge in [-0.25, -0.2) is 4.39 Å². The van der Waals surface area contributed by atoms with E-state index < -0.39 is 0 Å². The first-order valence-corrected chi connectivity index (χ1v) is 4.75. The van der Waals surface area contributed by atoms with Gasteiger partial charge in [-0.15, -0.1) is 0 Å². The molecule has 0 unspecified atom stereocenters. The molecular formula is C12H12FN. The highest BCUT2D eigenvalue weighted by atomic mass is 19.1. The molecule has 2 rings (SSSR count). The molecule has 1 aromatic carbocycles. The van der Waals surface area contributed by atoms with E-state index >= 15 is 0 Å². The van der Waals surface area contributed by atoms with Gasteiger partial charge < -0.3 is 5.32 Å². The molecule has 0 saturated carbocycles. The lowest BCUT2D eigenvalue weighted by atomic mass is 10.0. The van der Waals surface area contributed by atoms with Gasteiger partial charge in [0.05, 0.1) is 0 Å². The van der Waals surface area contributed by atoms with Crippen LogP contribution in [0.5, 0.6) is 0 Å². The Morgan fingerprint density at radius 3 is 2.86 bits per heavy atom. The van der Waals surface area contributed by atoms with Gasteiger partial charge in [0.2, 0.25) is 0 Å². The molecule has 1 aliphatic heterocycles. The molecule has 1 N–H and O–H groups in total. The Hall–Kier alpha value is -1.33. The van der Waals surface area contributed by atoms with Gasteiger partial charge >= 0.3 is 0 Å². The van der Waals surface area contributed by atoms with Crippen LogP contribution in [-0.4, -0.2) is 13.1 Å². The second-order valence-corrected chi connectivity index (χ2v) is 3.54. The van der Waals surface area contributed by atoms with Crippen LogP contribution in [0.25, 0.3) is 0 Å². The monoisotopic (exact) mass is 189 g/mol. The second kappa shape index (κ2) is 3.81. The van der Waals surface area contributed by atoms with Crippen LogP contribution >= 0.6 is 0 Å². The number of rotatable bonds is 0. The Morgan fingerprint density at radius 2 is 2.21 bits per heavy atom. The van der Waals surface area contributed by atoms with Crippen molar-refractivity contribution in [2.75, 3.05) is 13.1 Å². The Labute approximate surface area is 83.3 Å². The van der Waals surface area contributed by atoms with Crippen LogP contribution in [0.4, 0.5) is 4.39 Å². The molecule has 0 aliphatic carbocycles. The van der Waals surface area contributed by atoms with E-state index in [0.717, 1.165) is 18.7 Å². The van der Waals surface area contributed by atoms with Gasteiger partial charge in [0.25, 0.3) is 0 Å². The van der Waals surface area contributed by atoms with Crippen molar-refractivity contribution in [1.82, 2.24) is 5.32 Å². The van der Waals surface area contributed by atoms with Gasteiger partial charge in [0, 0.05) is 30.1 Å². The van der Waals surface area contributed by atoms with Crippen molar-refractivity contribution in [2.45, 2.75) is 6.92 Å². The summed E-state index contributed by atoms with van der Waals surface area (Å²) < 4.78 is 13.1. The van der Waals surface area contributed by atoms with E-state index in [1.165, 1.54) is 6.07 Å². The fourth-order valence-corrected chi connectivity index (χ4v) is 1.31. The summed E-state index contributed by atoms with van der Waals surface area (Å²) in [6.45, 7) is 3.68. The molecule has 0 radical (unpaired) electrons. The third kappa shape index (κ3) is 1.78. The fourth-order valence-electron chi connectivity index (χ4n) is 1.31. The quantitative estimate of drug-likeness (QED) is 0.612. The summed E-state index contributed by atoms with van der Waals surface area (Å²) in [4.78, 5) is 0. The van der Waals surface area contributed by atoms with Crippen molar-refractivity contribution in [3.05, 3.63) is 35.1 Å². The zero-order valence-electron chi connectivity index (χ0n) is 8.10. The first-order valence-electron chi connectivity index (χ1n) is 4.75. The lowest BCUT2D eigenvalue weighted by Crippen LogP contribution is -2.40. The zero-order valence-corrected chi connectivity index (χ0v) is 8.10. The topological polar surface area (TPSA) is 12.0 Å². The molecule has 0 atom stereocenters. The maximum absolute atomic E-state index is 13.1. The third-order valence-corrected chi connectivity index (χ3v) is 2.46. The second-order valence-electron chi connectivity index (χ2n) is 3.54. The van der Waals surface area contributed by atoms with E-state index in [2.05, 4.69) is 17.2 Å². The molecule has 72 valence electrons. The molecule has 1 saturated heterocycles. The smallest absolute Gasteiger partial charge is 0.127 e. The average Bonchev–Trinajstić information content (AvgIpc) is 2.09. The van der Waals surface area contributed by atoms with E-state index in [1.54, 1.807) is 13.0 Å². The predicted molar refractivity (Wildman–Crippen MR) is 54.4 cm³/mol. The van der Waals surface area contributed by atoms with Crippen molar-refractivity contribution in [2.24, 2.45) is 5.92 Å². The molecule has 0 amide bonds. The van der Waals surface area contributed by atoms with E-state index in [9.17, 15) is 4.39 Å². The van der Waals surface area contributed by atoms with Crippen molar-refractivity contribution in [1.29, 1.82) is 0 Å². The summed E-state index contributed by atoms with van der Waals surface area (Å²) in [5.41, 5.74) is 1.45. The van der Waals surface area contributed by atoms with Crippen LogP contribution in [0, 0.1) is 30.5 Å². The number of halogens is 1. The van der Waals surface area contributed by atoms with Crippen molar-refractivity contribution in [3.63, 3.8) is 0 Å². The van der Waals surface area contributed by atoms with E-state index in [1.807, 2.05) is 6.07 Å². The molecule has 14 heavy (non-hydrogen) atoms. The molecule has 1 heterocycles. The highest BCUT2D eigenvalue weighted by molar-refractivity contribution is 5.41. The summed E-state index contributed by atoms with van der Waals surface area (Å²) in [5.74, 6) is 6.41. The van der Waals surface area contributed by atoms with Gasteiger partial charge in [-0.2, -0.15) is 0 Å². The zero-order chi connectivity index (χ0) is 9.97. The van der Waals surface area contributed by atoms with Gasteiger partial charge in [0.15, 0.2) is 0 Å². The van der Waals surface area contributed by atoms with E-state index in [-0.39, 0.29) is 5.82 Å². The lowest BCUT2D eigenvalue weighted by Gasteiger charge is -2.21. The molecule has 1 aromatic rings. The Kier molecular flexibility index (Phi) is 2.51. The normalized spacial score (nSPS) is 15.6. The number of benzene rings is 1. The molecule has 1 aliphatic rings.